The molecule has 0 radical (unpaired) electrons. The van der Waals surface area contributed by atoms with Crippen LogP contribution in [0.2, 0.25) is 0 Å². The Morgan fingerprint density at radius 3 is 2.53 bits per heavy atom. The highest BCUT2D eigenvalue weighted by Crippen LogP contribution is 2.51. The predicted molar refractivity (Wildman–Crippen MR) is 71.3 cm³/mol. The number of ether oxygens (including phenoxy) is 1. The second-order valence-electron chi connectivity index (χ2n) is 4.85. The van der Waals surface area contributed by atoms with Gasteiger partial charge in [-0.05, 0) is 38.8 Å². The summed E-state index contributed by atoms with van der Waals surface area (Å²) in [7, 11) is 2.07. The van der Waals surface area contributed by atoms with Crippen LogP contribution in [0.15, 0.2) is 30.3 Å². The number of nitrogens with one attached hydrogen (secondary N) is 1. The lowest BCUT2D eigenvalue weighted by atomic mass is 9.86. The smallest absolute Gasteiger partial charge is 0.0481 e. The highest BCUT2D eigenvalue weighted by atomic mass is 16.5. The highest BCUT2D eigenvalue weighted by Gasteiger charge is 2.49. The van der Waals surface area contributed by atoms with Crippen LogP contribution in [0.25, 0.3) is 0 Å². The van der Waals surface area contributed by atoms with Crippen LogP contribution in [0, 0.1) is 0 Å². The van der Waals surface area contributed by atoms with E-state index in [1.165, 1.54) is 18.4 Å². The van der Waals surface area contributed by atoms with Crippen LogP contribution in [0.3, 0.4) is 0 Å². The van der Waals surface area contributed by atoms with Crippen molar-refractivity contribution in [1.29, 1.82) is 0 Å². The number of hydrogen-bond acceptors (Lipinski definition) is 2. The molecule has 0 aromatic heterocycles. The van der Waals surface area contributed by atoms with E-state index in [1.54, 1.807) is 0 Å². The van der Waals surface area contributed by atoms with Gasteiger partial charge in [-0.2, -0.15) is 0 Å². The van der Waals surface area contributed by atoms with Gasteiger partial charge >= 0.3 is 0 Å². The van der Waals surface area contributed by atoms with Gasteiger partial charge in [-0.1, -0.05) is 30.3 Å². The summed E-state index contributed by atoms with van der Waals surface area (Å²) in [6.45, 7) is 3.73. The SMILES string of the molecule is CCOCCC(NC)C1(c2ccccc2)CC1. The zero-order valence-electron chi connectivity index (χ0n) is 10.9. The van der Waals surface area contributed by atoms with E-state index in [9.17, 15) is 0 Å². The Labute approximate surface area is 104 Å². The van der Waals surface area contributed by atoms with E-state index in [0.717, 1.165) is 19.6 Å². The topological polar surface area (TPSA) is 21.3 Å². The van der Waals surface area contributed by atoms with Crippen LogP contribution in [0.1, 0.15) is 31.7 Å². The number of rotatable bonds is 7. The molecule has 1 aliphatic rings. The van der Waals surface area contributed by atoms with Gasteiger partial charge in [0.15, 0.2) is 0 Å². The number of likely N-dealkylation sites (N-methyl/N-ethyl adjacent to an activating group) is 1. The van der Waals surface area contributed by atoms with E-state index < -0.39 is 0 Å². The molecule has 0 saturated heterocycles. The fourth-order valence-corrected chi connectivity index (χ4v) is 2.79. The first-order valence-electron chi connectivity index (χ1n) is 6.64. The van der Waals surface area contributed by atoms with Crippen molar-refractivity contribution in [1.82, 2.24) is 5.32 Å². The monoisotopic (exact) mass is 233 g/mol. The van der Waals surface area contributed by atoms with Gasteiger partial charge < -0.3 is 10.1 Å². The molecule has 0 amide bonds. The average Bonchev–Trinajstić information content (AvgIpc) is 3.17. The van der Waals surface area contributed by atoms with Crippen molar-refractivity contribution in [2.75, 3.05) is 20.3 Å². The highest BCUT2D eigenvalue weighted by molar-refractivity contribution is 5.33. The Bertz CT molecular complexity index is 332. The molecular formula is C15H23NO. The van der Waals surface area contributed by atoms with E-state index in [-0.39, 0.29) is 0 Å². The van der Waals surface area contributed by atoms with Crippen LogP contribution in [-0.4, -0.2) is 26.3 Å². The Morgan fingerprint density at radius 2 is 2.00 bits per heavy atom. The summed E-state index contributed by atoms with van der Waals surface area (Å²) in [5.41, 5.74) is 1.85. The molecule has 1 fully saturated rings. The second kappa shape index (κ2) is 5.65. The van der Waals surface area contributed by atoms with E-state index in [2.05, 4.69) is 49.6 Å². The normalized spacial score (nSPS) is 18.9. The van der Waals surface area contributed by atoms with E-state index >= 15 is 0 Å². The molecular weight excluding hydrogens is 210 g/mol. The number of benzene rings is 1. The number of hydrogen-bond donors (Lipinski definition) is 1. The lowest BCUT2D eigenvalue weighted by Crippen LogP contribution is -2.38. The van der Waals surface area contributed by atoms with Crippen molar-refractivity contribution >= 4 is 0 Å². The summed E-state index contributed by atoms with van der Waals surface area (Å²) in [6.07, 6.45) is 3.70. The minimum absolute atomic E-state index is 0.368. The molecule has 1 unspecified atom stereocenters. The third-order valence-corrected chi connectivity index (χ3v) is 3.91. The van der Waals surface area contributed by atoms with Gasteiger partial charge in [0.1, 0.15) is 0 Å². The summed E-state index contributed by atoms with van der Waals surface area (Å²) in [5, 5.41) is 3.48. The standard InChI is InChI=1S/C15H23NO/c1-3-17-12-9-14(16-2)15(10-11-15)13-7-5-4-6-8-13/h4-8,14,16H,3,9-12H2,1-2H3. The van der Waals surface area contributed by atoms with Gasteiger partial charge in [0.25, 0.3) is 0 Å². The Hall–Kier alpha value is -0.860. The first-order chi connectivity index (χ1) is 8.33. The zero-order chi connectivity index (χ0) is 12.1. The molecule has 1 N–H and O–H groups in total. The molecule has 1 aromatic rings. The maximum absolute atomic E-state index is 5.48. The van der Waals surface area contributed by atoms with Gasteiger partial charge in [-0.15, -0.1) is 0 Å². The second-order valence-corrected chi connectivity index (χ2v) is 4.85. The van der Waals surface area contributed by atoms with Crippen LogP contribution < -0.4 is 5.32 Å². The summed E-state index contributed by atoms with van der Waals surface area (Å²) < 4.78 is 5.48. The van der Waals surface area contributed by atoms with Crippen molar-refractivity contribution in [2.45, 2.75) is 37.6 Å². The minimum Gasteiger partial charge on any atom is -0.382 e. The molecule has 94 valence electrons. The van der Waals surface area contributed by atoms with Crippen LogP contribution in [0.4, 0.5) is 0 Å². The van der Waals surface area contributed by atoms with E-state index in [4.69, 9.17) is 4.74 Å². The fraction of sp³-hybridized carbons (Fsp3) is 0.600. The molecule has 1 aromatic carbocycles. The van der Waals surface area contributed by atoms with Crippen LogP contribution in [-0.2, 0) is 10.2 Å². The first-order valence-corrected chi connectivity index (χ1v) is 6.64. The zero-order valence-corrected chi connectivity index (χ0v) is 10.9. The molecule has 2 rings (SSSR count). The lowest BCUT2D eigenvalue weighted by Gasteiger charge is -2.27. The summed E-state index contributed by atoms with van der Waals surface area (Å²) in [6, 6.07) is 11.4. The molecule has 1 aliphatic carbocycles. The molecule has 0 aliphatic heterocycles. The lowest BCUT2D eigenvalue weighted by molar-refractivity contribution is 0.132. The van der Waals surface area contributed by atoms with E-state index in [0.29, 0.717) is 11.5 Å². The Balaban J connectivity index is 2.03. The first kappa shape index (κ1) is 12.6. The summed E-state index contributed by atoms with van der Waals surface area (Å²) >= 11 is 0. The Morgan fingerprint density at radius 1 is 1.29 bits per heavy atom. The molecule has 2 heteroatoms. The van der Waals surface area contributed by atoms with Crippen molar-refractivity contribution in [3.05, 3.63) is 35.9 Å². The predicted octanol–water partition coefficient (Wildman–Crippen LogP) is 2.73. The summed E-state index contributed by atoms with van der Waals surface area (Å²) in [5.74, 6) is 0. The molecule has 0 bridgehead atoms. The fourth-order valence-electron chi connectivity index (χ4n) is 2.79. The minimum atomic E-state index is 0.368. The largest absolute Gasteiger partial charge is 0.382 e. The van der Waals surface area contributed by atoms with Crippen molar-refractivity contribution < 1.29 is 4.74 Å². The van der Waals surface area contributed by atoms with Crippen LogP contribution in [0.5, 0.6) is 0 Å². The van der Waals surface area contributed by atoms with Gasteiger partial charge in [-0.3, -0.25) is 0 Å². The molecule has 1 atom stereocenters. The molecule has 0 heterocycles. The molecule has 0 spiro atoms. The maximum atomic E-state index is 5.48. The quantitative estimate of drug-likeness (QED) is 0.731. The molecule has 2 nitrogen and oxygen atoms in total. The van der Waals surface area contributed by atoms with Crippen molar-refractivity contribution in [3.63, 3.8) is 0 Å². The van der Waals surface area contributed by atoms with Gasteiger partial charge in [0, 0.05) is 24.7 Å². The molecule has 17 heavy (non-hydrogen) atoms. The Kier molecular flexibility index (Phi) is 4.19. The molecule has 1 saturated carbocycles. The third kappa shape index (κ3) is 2.70. The summed E-state index contributed by atoms with van der Waals surface area (Å²) in [4.78, 5) is 0. The van der Waals surface area contributed by atoms with Gasteiger partial charge in [0.2, 0.25) is 0 Å². The van der Waals surface area contributed by atoms with Crippen molar-refractivity contribution in [2.24, 2.45) is 0 Å². The van der Waals surface area contributed by atoms with Crippen molar-refractivity contribution in [3.8, 4) is 0 Å². The van der Waals surface area contributed by atoms with Gasteiger partial charge in [0.05, 0.1) is 0 Å². The average molecular weight is 233 g/mol. The third-order valence-electron chi connectivity index (χ3n) is 3.91. The van der Waals surface area contributed by atoms with E-state index in [1.807, 2.05) is 0 Å². The van der Waals surface area contributed by atoms with Gasteiger partial charge in [-0.25, -0.2) is 0 Å². The maximum Gasteiger partial charge on any atom is 0.0481 e. The van der Waals surface area contributed by atoms with Crippen LogP contribution >= 0.6 is 0 Å².